The van der Waals surface area contributed by atoms with E-state index in [1.165, 1.54) is 0 Å². The van der Waals surface area contributed by atoms with Crippen LogP contribution in [-0.4, -0.2) is 29.6 Å². The van der Waals surface area contributed by atoms with Crippen LogP contribution in [0.15, 0.2) is 65.5 Å². The Bertz CT molecular complexity index is 1300. The normalized spacial score (nSPS) is 20.6. The first kappa shape index (κ1) is 21.2. The summed E-state index contributed by atoms with van der Waals surface area (Å²) in [7, 11) is 1.92. The van der Waals surface area contributed by atoms with Gasteiger partial charge in [-0.3, -0.25) is 9.48 Å². The van der Waals surface area contributed by atoms with Crippen LogP contribution in [0.4, 0.5) is 5.69 Å². The standard InChI is InChI=1S/C25H29N7O/c1-18-14-16-25(17-15-18,24-27-28-29-31(24)20-10-6-4-7-11-20)26-22-19(2)30(3)32(23(22)33)21-12-8-5-9-13-21/h4-13,18,26H,14-17H2,1-3H3. The van der Waals surface area contributed by atoms with E-state index >= 15 is 0 Å². The van der Waals surface area contributed by atoms with E-state index in [1.54, 1.807) is 9.36 Å². The maximum Gasteiger partial charge on any atom is 0.295 e. The van der Waals surface area contributed by atoms with Gasteiger partial charge in [-0.15, -0.1) is 5.10 Å². The van der Waals surface area contributed by atoms with E-state index in [0.29, 0.717) is 11.6 Å². The monoisotopic (exact) mass is 443 g/mol. The molecule has 1 aliphatic carbocycles. The predicted octanol–water partition coefficient (Wildman–Crippen LogP) is 3.98. The van der Waals surface area contributed by atoms with Gasteiger partial charge in [0.05, 0.1) is 22.6 Å². The molecule has 4 aromatic rings. The Morgan fingerprint density at radius 1 is 0.970 bits per heavy atom. The topological polar surface area (TPSA) is 82.6 Å². The number of tetrazole rings is 1. The van der Waals surface area contributed by atoms with Crippen molar-refractivity contribution in [2.24, 2.45) is 13.0 Å². The van der Waals surface area contributed by atoms with Gasteiger partial charge in [0, 0.05) is 7.05 Å². The van der Waals surface area contributed by atoms with Crippen molar-refractivity contribution in [2.45, 2.75) is 45.1 Å². The minimum atomic E-state index is -0.536. The first-order chi connectivity index (χ1) is 16.0. The summed E-state index contributed by atoms with van der Waals surface area (Å²) in [5.41, 5.74) is 2.61. The van der Waals surface area contributed by atoms with Crippen molar-refractivity contribution in [3.63, 3.8) is 0 Å². The molecule has 1 aliphatic rings. The number of aromatic nitrogens is 6. The third kappa shape index (κ3) is 3.65. The van der Waals surface area contributed by atoms with Crippen LogP contribution >= 0.6 is 0 Å². The first-order valence-electron chi connectivity index (χ1n) is 11.5. The number of rotatable bonds is 5. The van der Waals surface area contributed by atoms with Gasteiger partial charge in [-0.1, -0.05) is 43.3 Å². The quantitative estimate of drug-likeness (QED) is 0.505. The number of hydrogen-bond donors (Lipinski definition) is 1. The molecule has 170 valence electrons. The summed E-state index contributed by atoms with van der Waals surface area (Å²) in [5.74, 6) is 1.37. The van der Waals surface area contributed by atoms with Gasteiger partial charge in [-0.2, -0.15) is 4.68 Å². The van der Waals surface area contributed by atoms with Gasteiger partial charge in [0.1, 0.15) is 5.69 Å². The number of nitrogens with one attached hydrogen (secondary N) is 1. The van der Waals surface area contributed by atoms with E-state index in [2.05, 4.69) is 27.8 Å². The molecule has 2 aromatic carbocycles. The molecule has 0 atom stereocenters. The smallest absolute Gasteiger partial charge is 0.295 e. The fourth-order valence-electron chi connectivity index (χ4n) is 4.84. The van der Waals surface area contributed by atoms with Gasteiger partial charge in [0.15, 0.2) is 5.82 Å². The third-order valence-corrected chi connectivity index (χ3v) is 6.94. The van der Waals surface area contributed by atoms with Crippen molar-refractivity contribution in [3.8, 4) is 11.4 Å². The molecular formula is C25H29N7O. The second-order valence-electron chi connectivity index (χ2n) is 9.08. The average Bonchev–Trinajstić information content (AvgIpc) is 3.42. The largest absolute Gasteiger partial charge is 0.366 e. The summed E-state index contributed by atoms with van der Waals surface area (Å²) in [6.45, 7) is 4.25. The highest BCUT2D eigenvalue weighted by Crippen LogP contribution is 2.41. The van der Waals surface area contributed by atoms with Crippen LogP contribution in [0.5, 0.6) is 0 Å². The maximum atomic E-state index is 13.6. The van der Waals surface area contributed by atoms with Crippen molar-refractivity contribution in [1.82, 2.24) is 29.6 Å². The Balaban J connectivity index is 1.62. The highest BCUT2D eigenvalue weighted by Gasteiger charge is 2.42. The molecule has 33 heavy (non-hydrogen) atoms. The van der Waals surface area contributed by atoms with Gasteiger partial charge < -0.3 is 5.32 Å². The van der Waals surface area contributed by atoms with Crippen LogP contribution in [0.25, 0.3) is 11.4 Å². The van der Waals surface area contributed by atoms with Gasteiger partial charge >= 0.3 is 0 Å². The number of nitrogens with zero attached hydrogens (tertiary/aromatic N) is 6. The molecule has 0 saturated heterocycles. The molecule has 0 unspecified atom stereocenters. The summed E-state index contributed by atoms with van der Waals surface area (Å²) < 4.78 is 5.41. The van der Waals surface area contributed by atoms with Crippen LogP contribution in [0, 0.1) is 12.8 Å². The van der Waals surface area contributed by atoms with Crippen molar-refractivity contribution in [3.05, 3.63) is 82.5 Å². The summed E-state index contributed by atoms with van der Waals surface area (Å²) in [5, 5.41) is 16.5. The number of benzene rings is 2. The Morgan fingerprint density at radius 2 is 1.58 bits per heavy atom. The lowest BCUT2D eigenvalue weighted by atomic mass is 9.76. The molecule has 0 spiro atoms. The molecular weight excluding hydrogens is 414 g/mol. The summed E-state index contributed by atoms with van der Waals surface area (Å²) in [4.78, 5) is 13.6. The minimum Gasteiger partial charge on any atom is -0.366 e. The highest BCUT2D eigenvalue weighted by atomic mass is 16.1. The molecule has 1 fully saturated rings. The fraction of sp³-hybridized carbons (Fsp3) is 0.360. The van der Waals surface area contributed by atoms with Crippen LogP contribution in [0.3, 0.4) is 0 Å². The molecule has 1 saturated carbocycles. The lowest BCUT2D eigenvalue weighted by Crippen LogP contribution is -2.43. The van der Waals surface area contributed by atoms with Gasteiger partial charge in [-0.25, -0.2) is 4.68 Å². The minimum absolute atomic E-state index is 0.0714. The first-order valence-corrected chi connectivity index (χ1v) is 11.5. The van der Waals surface area contributed by atoms with E-state index in [4.69, 9.17) is 0 Å². The van der Waals surface area contributed by atoms with Gasteiger partial charge in [-0.05, 0) is 73.2 Å². The van der Waals surface area contributed by atoms with E-state index in [0.717, 1.165) is 48.6 Å². The lowest BCUT2D eigenvalue weighted by molar-refractivity contribution is 0.254. The SMILES string of the molecule is Cc1c(NC2(c3nnnn3-c3ccccc3)CCC(C)CC2)c(=O)n(-c2ccccc2)n1C. The van der Waals surface area contributed by atoms with Crippen molar-refractivity contribution in [2.75, 3.05) is 5.32 Å². The number of anilines is 1. The van der Waals surface area contributed by atoms with Crippen molar-refractivity contribution in [1.29, 1.82) is 0 Å². The van der Waals surface area contributed by atoms with Crippen molar-refractivity contribution >= 4 is 5.69 Å². The molecule has 2 heterocycles. The molecule has 0 bridgehead atoms. The van der Waals surface area contributed by atoms with E-state index in [9.17, 15) is 4.79 Å². The molecule has 8 nitrogen and oxygen atoms in total. The molecule has 2 aromatic heterocycles. The number of para-hydroxylation sites is 2. The highest BCUT2D eigenvalue weighted by molar-refractivity contribution is 5.52. The van der Waals surface area contributed by atoms with Crippen LogP contribution in [0.1, 0.15) is 44.1 Å². The zero-order chi connectivity index (χ0) is 23.0. The molecule has 8 heteroatoms. The zero-order valence-electron chi connectivity index (χ0n) is 19.3. The maximum absolute atomic E-state index is 13.6. The Labute approximate surface area is 192 Å². The third-order valence-electron chi connectivity index (χ3n) is 6.94. The van der Waals surface area contributed by atoms with Crippen LogP contribution in [0.2, 0.25) is 0 Å². The van der Waals surface area contributed by atoms with E-state index < -0.39 is 5.54 Å². The average molecular weight is 444 g/mol. The second kappa shape index (κ2) is 8.35. The molecule has 0 aliphatic heterocycles. The van der Waals surface area contributed by atoms with Crippen LogP contribution in [-0.2, 0) is 12.6 Å². The van der Waals surface area contributed by atoms with Crippen LogP contribution < -0.4 is 10.9 Å². The lowest BCUT2D eigenvalue weighted by Gasteiger charge is -2.39. The Kier molecular flexibility index (Phi) is 5.36. The molecule has 0 radical (unpaired) electrons. The summed E-state index contributed by atoms with van der Waals surface area (Å²) >= 11 is 0. The zero-order valence-corrected chi connectivity index (χ0v) is 19.3. The van der Waals surface area contributed by atoms with E-state index in [1.807, 2.05) is 79.3 Å². The fourth-order valence-corrected chi connectivity index (χ4v) is 4.84. The molecule has 5 rings (SSSR count). The van der Waals surface area contributed by atoms with E-state index in [-0.39, 0.29) is 5.56 Å². The number of hydrogen-bond acceptors (Lipinski definition) is 5. The summed E-state index contributed by atoms with van der Waals surface area (Å²) in [6, 6.07) is 19.6. The van der Waals surface area contributed by atoms with Crippen molar-refractivity contribution < 1.29 is 0 Å². The second-order valence-corrected chi connectivity index (χ2v) is 9.08. The molecule has 0 amide bonds. The Hall–Kier alpha value is -3.68. The predicted molar refractivity (Wildman–Crippen MR) is 128 cm³/mol. The van der Waals surface area contributed by atoms with Gasteiger partial charge in [0.2, 0.25) is 0 Å². The molecule has 1 N–H and O–H groups in total. The summed E-state index contributed by atoms with van der Waals surface area (Å²) in [6.07, 6.45) is 3.77. The van der Waals surface area contributed by atoms with Gasteiger partial charge in [0.25, 0.3) is 5.56 Å². The Morgan fingerprint density at radius 3 is 2.21 bits per heavy atom.